The maximum Gasteiger partial charge on any atom is 0.266 e. The van der Waals surface area contributed by atoms with Crippen molar-refractivity contribution < 1.29 is 27.5 Å². The zero-order valence-corrected chi connectivity index (χ0v) is 23.5. The number of anilines is 1. The molecule has 0 spiro atoms. The van der Waals surface area contributed by atoms with Gasteiger partial charge >= 0.3 is 0 Å². The predicted molar refractivity (Wildman–Crippen MR) is 150 cm³/mol. The van der Waals surface area contributed by atoms with Gasteiger partial charge in [-0.2, -0.15) is 0 Å². The van der Waals surface area contributed by atoms with Gasteiger partial charge in [-0.25, -0.2) is 13.1 Å². The Kier molecular flexibility index (Phi) is 10.4. The fourth-order valence-electron chi connectivity index (χ4n) is 3.80. The van der Waals surface area contributed by atoms with Gasteiger partial charge in [0, 0.05) is 11.3 Å². The van der Waals surface area contributed by atoms with Crippen molar-refractivity contribution in [2.24, 2.45) is 11.3 Å². The quantitative estimate of drug-likeness (QED) is 0.312. The average molecular weight is 553 g/mol. The summed E-state index contributed by atoms with van der Waals surface area (Å²) in [5, 5.41) is 2.72. The summed E-state index contributed by atoms with van der Waals surface area (Å²) in [6.45, 7) is 7.65. The maximum atomic E-state index is 13.6. The van der Waals surface area contributed by atoms with Crippen LogP contribution in [-0.2, 0) is 42.3 Å². The molecule has 39 heavy (non-hydrogen) atoms. The average Bonchev–Trinajstić information content (AvgIpc) is 2.89. The molecule has 0 aliphatic heterocycles. The van der Waals surface area contributed by atoms with E-state index in [4.69, 9.17) is 9.47 Å². The fourth-order valence-corrected chi connectivity index (χ4v) is 5.08. The number of carbonyl (C=O) groups is 2. The topological polar surface area (TPSA) is 111 Å². The van der Waals surface area contributed by atoms with Crippen LogP contribution in [0.2, 0.25) is 0 Å². The second-order valence-electron chi connectivity index (χ2n) is 10.3. The standard InChI is InChI=1S/C30H36N2O6S/c1-22(2)28(33)32-39(35,36)26-18-12-11-17-25(26)31-29(34)27(38-20-24-15-9-6-10-16-24)30(3,4)21-37-19-23-13-7-5-8-14-23/h5-18,22,27H,19-21H2,1-4H3,(H,31,34)(H,32,33). The predicted octanol–water partition coefficient (Wildman–Crippen LogP) is 4.91. The van der Waals surface area contributed by atoms with Crippen LogP contribution in [0.15, 0.2) is 89.8 Å². The number of para-hydroxylation sites is 1. The fraction of sp³-hybridized carbons (Fsp3) is 0.333. The van der Waals surface area contributed by atoms with Crippen molar-refractivity contribution in [3.8, 4) is 0 Å². The van der Waals surface area contributed by atoms with Crippen LogP contribution in [0.5, 0.6) is 0 Å². The summed E-state index contributed by atoms with van der Waals surface area (Å²) in [7, 11) is -4.22. The summed E-state index contributed by atoms with van der Waals surface area (Å²) in [4.78, 5) is 25.6. The lowest BCUT2D eigenvalue weighted by Gasteiger charge is -2.33. The largest absolute Gasteiger partial charge is 0.376 e. The summed E-state index contributed by atoms with van der Waals surface area (Å²) < 4.78 is 40.1. The lowest BCUT2D eigenvalue weighted by molar-refractivity contribution is -0.141. The third kappa shape index (κ3) is 8.74. The first-order valence-electron chi connectivity index (χ1n) is 12.7. The van der Waals surface area contributed by atoms with E-state index in [0.29, 0.717) is 6.61 Å². The van der Waals surface area contributed by atoms with Crippen molar-refractivity contribution in [1.29, 1.82) is 0 Å². The highest BCUT2D eigenvalue weighted by Crippen LogP contribution is 2.29. The zero-order valence-electron chi connectivity index (χ0n) is 22.7. The smallest absolute Gasteiger partial charge is 0.266 e. The number of sulfonamides is 1. The molecule has 9 heteroatoms. The molecular formula is C30H36N2O6S. The van der Waals surface area contributed by atoms with Crippen molar-refractivity contribution >= 4 is 27.5 Å². The summed E-state index contributed by atoms with van der Waals surface area (Å²) in [6, 6.07) is 25.1. The van der Waals surface area contributed by atoms with E-state index in [-0.39, 0.29) is 23.8 Å². The lowest BCUT2D eigenvalue weighted by atomic mass is 9.86. The molecule has 0 aliphatic rings. The third-order valence-corrected chi connectivity index (χ3v) is 7.39. The Hall–Kier alpha value is -3.53. The minimum absolute atomic E-state index is 0.0425. The molecule has 3 rings (SSSR count). The Morgan fingerprint density at radius 3 is 1.92 bits per heavy atom. The number of carbonyl (C=O) groups excluding carboxylic acids is 2. The van der Waals surface area contributed by atoms with E-state index in [9.17, 15) is 18.0 Å². The summed E-state index contributed by atoms with van der Waals surface area (Å²) in [5.74, 6) is -1.71. The first kappa shape index (κ1) is 30.0. The third-order valence-electron chi connectivity index (χ3n) is 5.99. The van der Waals surface area contributed by atoms with E-state index in [1.807, 2.05) is 74.5 Å². The Morgan fingerprint density at radius 1 is 0.795 bits per heavy atom. The van der Waals surface area contributed by atoms with Crippen LogP contribution in [0.1, 0.15) is 38.8 Å². The van der Waals surface area contributed by atoms with E-state index in [2.05, 4.69) is 10.0 Å². The van der Waals surface area contributed by atoms with Crippen LogP contribution in [0.4, 0.5) is 5.69 Å². The molecule has 3 aromatic rings. The lowest BCUT2D eigenvalue weighted by Crippen LogP contribution is -2.45. The molecule has 8 nitrogen and oxygen atoms in total. The van der Waals surface area contributed by atoms with Crippen molar-refractivity contribution in [3.05, 3.63) is 96.1 Å². The first-order chi connectivity index (χ1) is 18.5. The number of benzene rings is 3. The van der Waals surface area contributed by atoms with Gasteiger partial charge in [0.1, 0.15) is 11.0 Å². The zero-order chi connectivity index (χ0) is 28.5. The van der Waals surface area contributed by atoms with Crippen LogP contribution >= 0.6 is 0 Å². The van der Waals surface area contributed by atoms with Gasteiger partial charge in [-0.1, -0.05) is 100 Å². The molecule has 0 saturated carbocycles. The van der Waals surface area contributed by atoms with Crippen LogP contribution in [0.25, 0.3) is 0 Å². The van der Waals surface area contributed by atoms with Crippen LogP contribution in [0.3, 0.4) is 0 Å². The summed E-state index contributed by atoms with van der Waals surface area (Å²) in [6.07, 6.45) is -0.991. The highest BCUT2D eigenvalue weighted by molar-refractivity contribution is 7.90. The van der Waals surface area contributed by atoms with Gasteiger partial charge < -0.3 is 14.8 Å². The second-order valence-corrected chi connectivity index (χ2v) is 11.9. The molecule has 1 unspecified atom stereocenters. The molecule has 0 aromatic heterocycles. The minimum Gasteiger partial charge on any atom is -0.376 e. The van der Waals surface area contributed by atoms with Crippen LogP contribution < -0.4 is 10.0 Å². The van der Waals surface area contributed by atoms with Gasteiger partial charge in [0.25, 0.3) is 15.9 Å². The van der Waals surface area contributed by atoms with Gasteiger partial charge in [0.15, 0.2) is 0 Å². The van der Waals surface area contributed by atoms with Crippen LogP contribution in [-0.4, -0.2) is 32.9 Å². The monoisotopic (exact) mass is 552 g/mol. The molecule has 1 atom stereocenters. The Labute approximate surface area is 230 Å². The number of hydrogen-bond donors (Lipinski definition) is 2. The Balaban J connectivity index is 1.82. The van der Waals surface area contributed by atoms with Gasteiger partial charge in [0.2, 0.25) is 5.91 Å². The number of ether oxygens (including phenoxy) is 2. The molecule has 208 valence electrons. The second kappa shape index (κ2) is 13.5. The van der Waals surface area contributed by atoms with Gasteiger partial charge in [-0.05, 0) is 23.3 Å². The van der Waals surface area contributed by atoms with Gasteiger partial charge in [0.05, 0.1) is 25.5 Å². The maximum absolute atomic E-state index is 13.6. The molecule has 2 amide bonds. The molecule has 0 saturated heterocycles. The van der Waals surface area contributed by atoms with Crippen molar-refractivity contribution in [2.45, 2.75) is 51.9 Å². The number of hydrogen-bond acceptors (Lipinski definition) is 6. The number of amides is 2. The molecule has 0 bridgehead atoms. The van der Waals surface area contributed by atoms with Crippen LogP contribution in [0, 0.1) is 11.3 Å². The number of rotatable bonds is 13. The summed E-state index contributed by atoms with van der Waals surface area (Å²) in [5.41, 5.74) is 1.14. The number of nitrogens with one attached hydrogen (secondary N) is 2. The van der Waals surface area contributed by atoms with E-state index < -0.39 is 39.3 Å². The van der Waals surface area contributed by atoms with Crippen molar-refractivity contribution in [2.75, 3.05) is 11.9 Å². The van der Waals surface area contributed by atoms with E-state index in [1.54, 1.807) is 19.9 Å². The van der Waals surface area contributed by atoms with Gasteiger partial charge in [-0.15, -0.1) is 0 Å². The summed E-state index contributed by atoms with van der Waals surface area (Å²) >= 11 is 0. The molecule has 0 heterocycles. The molecule has 2 N–H and O–H groups in total. The molecule has 3 aromatic carbocycles. The molecule has 0 aliphatic carbocycles. The molecule has 0 fully saturated rings. The Morgan fingerprint density at radius 2 is 1.33 bits per heavy atom. The van der Waals surface area contributed by atoms with E-state index in [0.717, 1.165) is 11.1 Å². The normalized spacial score (nSPS) is 12.6. The highest BCUT2D eigenvalue weighted by atomic mass is 32.2. The van der Waals surface area contributed by atoms with E-state index in [1.165, 1.54) is 18.2 Å². The molecular weight excluding hydrogens is 516 g/mol. The Bertz CT molecular complexity index is 1340. The van der Waals surface area contributed by atoms with Gasteiger partial charge in [-0.3, -0.25) is 9.59 Å². The highest BCUT2D eigenvalue weighted by Gasteiger charge is 2.37. The first-order valence-corrected chi connectivity index (χ1v) is 14.2. The SMILES string of the molecule is CC(C)C(=O)NS(=O)(=O)c1ccccc1NC(=O)C(OCc1ccccc1)C(C)(C)COCc1ccccc1. The minimum atomic E-state index is -4.22. The van der Waals surface area contributed by atoms with E-state index >= 15 is 0 Å². The molecule has 0 radical (unpaired) electrons. The van der Waals surface area contributed by atoms with Crippen molar-refractivity contribution in [3.63, 3.8) is 0 Å². The van der Waals surface area contributed by atoms with Crippen molar-refractivity contribution in [1.82, 2.24) is 4.72 Å².